The zero-order valence-corrected chi connectivity index (χ0v) is 14.8. The van der Waals surface area contributed by atoms with E-state index in [-0.39, 0.29) is 5.91 Å². The van der Waals surface area contributed by atoms with Crippen molar-refractivity contribution in [2.75, 3.05) is 7.11 Å². The van der Waals surface area contributed by atoms with Gasteiger partial charge in [0.15, 0.2) is 0 Å². The van der Waals surface area contributed by atoms with Crippen LogP contribution in [0.15, 0.2) is 39.9 Å². The Labute approximate surface area is 147 Å². The predicted octanol–water partition coefficient (Wildman–Crippen LogP) is 1.24. The summed E-state index contributed by atoms with van der Waals surface area (Å²) in [5.74, 6) is 0.386. The van der Waals surface area contributed by atoms with Crippen LogP contribution in [0, 0.1) is 0 Å². The summed E-state index contributed by atoms with van der Waals surface area (Å²) >= 11 is 1.12. The van der Waals surface area contributed by atoms with E-state index in [1.54, 1.807) is 14.2 Å². The quantitative estimate of drug-likeness (QED) is 0.760. The van der Waals surface area contributed by atoms with E-state index in [9.17, 15) is 14.4 Å². The van der Waals surface area contributed by atoms with Crippen LogP contribution in [0.5, 0.6) is 5.75 Å². The number of aromatic nitrogens is 2. The number of para-hydroxylation sites is 1. The third-order valence-corrected chi connectivity index (χ3v) is 5.19. The molecular formula is C17H17N3O4S. The highest BCUT2D eigenvalue weighted by Crippen LogP contribution is 2.22. The average Bonchev–Trinajstić information content (AvgIpc) is 3.08. The fourth-order valence-electron chi connectivity index (χ4n) is 2.59. The molecule has 0 unspecified atom stereocenters. The second-order valence-electron chi connectivity index (χ2n) is 5.53. The highest BCUT2D eigenvalue weighted by Gasteiger charge is 2.16. The zero-order chi connectivity index (χ0) is 18.1. The number of carbonyl (C=O) groups is 1. The summed E-state index contributed by atoms with van der Waals surface area (Å²) in [4.78, 5) is 37.5. The van der Waals surface area contributed by atoms with Gasteiger partial charge in [-0.05, 0) is 12.1 Å². The summed E-state index contributed by atoms with van der Waals surface area (Å²) in [5, 5.41) is 3.17. The lowest BCUT2D eigenvalue weighted by atomic mass is 10.2. The third kappa shape index (κ3) is 2.96. The molecule has 7 nitrogen and oxygen atoms in total. The largest absolute Gasteiger partial charge is 0.496 e. The molecule has 0 aliphatic heterocycles. The maximum atomic E-state index is 12.4. The van der Waals surface area contributed by atoms with Crippen molar-refractivity contribution in [1.29, 1.82) is 0 Å². The molecule has 0 atom stereocenters. The van der Waals surface area contributed by atoms with Gasteiger partial charge in [0.2, 0.25) is 0 Å². The molecule has 0 bridgehead atoms. The van der Waals surface area contributed by atoms with E-state index in [0.717, 1.165) is 21.5 Å². The second-order valence-corrected chi connectivity index (χ2v) is 6.56. The van der Waals surface area contributed by atoms with E-state index < -0.39 is 11.2 Å². The molecule has 3 aromatic rings. The first-order chi connectivity index (χ1) is 11.9. The monoisotopic (exact) mass is 359 g/mol. The minimum absolute atomic E-state index is 0.300. The average molecular weight is 359 g/mol. The lowest BCUT2D eigenvalue weighted by Gasteiger charge is -2.08. The molecule has 1 aromatic carbocycles. The summed E-state index contributed by atoms with van der Waals surface area (Å²) in [6.07, 6.45) is 0. The van der Waals surface area contributed by atoms with Gasteiger partial charge in [0, 0.05) is 26.2 Å². The number of methoxy groups -OCH3 is 1. The molecule has 130 valence electrons. The van der Waals surface area contributed by atoms with Crippen LogP contribution in [0.2, 0.25) is 0 Å². The molecule has 25 heavy (non-hydrogen) atoms. The number of rotatable bonds is 4. The third-order valence-electron chi connectivity index (χ3n) is 3.98. The Kier molecular flexibility index (Phi) is 4.45. The number of nitrogens with zero attached hydrogens (tertiary/aromatic N) is 2. The first-order valence-electron chi connectivity index (χ1n) is 7.53. The Balaban J connectivity index is 1.91. The highest BCUT2D eigenvalue weighted by atomic mass is 32.1. The molecule has 0 saturated heterocycles. The van der Waals surface area contributed by atoms with Crippen LogP contribution in [0.1, 0.15) is 15.2 Å². The van der Waals surface area contributed by atoms with Gasteiger partial charge in [-0.15, -0.1) is 11.3 Å². The molecule has 0 spiro atoms. The van der Waals surface area contributed by atoms with Gasteiger partial charge in [0.1, 0.15) is 10.6 Å². The van der Waals surface area contributed by atoms with Gasteiger partial charge in [-0.2, -0.15) is 0 Å². The van der Waals surface area contributed by atoms with Crippen molar-refractivity contribution in [3.8, 4) is 5.75 Å². The zero-order valence-electron chi connectivity index (χ0n) is 14.0. The number of fused-ring (bicyclic) bond motifs is 1. The smallest absolute Gasteiger partial charge is 0.331 e. The number of aryl methyl sites for hydroxylation is 1. The van der Waals surface area contributed by atoms with Gasteiger partial charge in [-0.3, -0.25) is 18.7 Å². The van der Waals surface area contributed by atoms with Crippen molar-refractivity contribution in [3.63, 3.8) is 0 Å². The molecule has 8 heteroatoms. The molecule has 3 rings (SSSR count). The Morgan fingerprint density at radius 1 is 1.20 bits per heavy atom. The summed E-state index contributed by atoms with van der Waals surface area (Å²) in [5.41, 5.74) is 0.0289. The molecule has 2 heterocycles. The van der Waals surface area contributed by atoms with Crippen molar-refractivity contribution in [2.45, 2.75) is 6.54 Å². The number of hydrogen-bond acceptors (Lipinski definition) is 5. The molecule has 0 radical (unpaired) electrons. The Morgan fingerprint density at radius 3 is 2.64 bits per heavy atom. The van der Waals surface area contributed by atoms with Gasteiger partial charge in [0.25, 0.3) is 11.5 Å². The van der Waals surface area contributed by atoms with E-state index in [0.29, 0.717) is 27.4 Å². The maximum absolute atomic E-state index is 12.4. The van der Waals surface area contributed by atoms with Crippen LogP contribution in [0.4, 0.5) is 0 Å². The van der Waals surface area contributed by atoms with E-state index in [1.165, 1.54) is 17.7 Å². The van der Waals surface area contributed by atoms with Gasteiger partial charge in [-0.25, -0.2) is 4.79 Å². The van der Waals surface area contributed by atoms with Crippen LogP contribution < -0.4 is 21.3 Å². The van der Waals surface area contributed by atoms with Crippen molar-refractivity contribution in [3.05, 3.63) is 61.6 Å². The van der Waals surface area contributed by atoms with E-state index in [2.05, 4.69) is 5.32 Å². The Morgan fingerprint density at radius 2 is 1.92 bits per heavy atom. The van der Waals surface area contributed by atoms with E-state index in [1.807, 2.05) is 24.3 Å². The predicted molar refractivity (Wildman–Crippen MR) is 96.5 cm³/mol. The van der Waals surface area contributed by atoms with Crippen molar-refractivity contribution in [1.82, 2.24) is 14.5 Å². The fourth-order valence-corrected chi connectivity index (χ4v) is 3.61. The number of thiophene rings is 1. The number of hydrogen-bond donors (Lipinski definition) is 1. The minimum atomic E-state index is -0.416. The van der Waals surface area contributed by atoms with Crippen LogP contribution in [-0.4, -0.2) is 22.2 Å². The van der Waals surface area contributed by atoms with Crippen LogP contribution in [-0.2, 0) is 20.6 Å². The second kappa shape index (κ2) is 6.56. The molecular weight excluding hydrogens is 342 g/mol. The first kappa shape index (κ1) is 17.0. The highest BCUT2D eigenvalue weighted by molar-refractivity contribution is 7.20. The number of benzene rings is 1. The molecule has 2 aromatic heterocycles. The first-order valence-corrected chi connectivity index (χ1v) is 8.35. The number of nitrogens with one attached hydrogen (secondary N) is 1. The molecule has 0 aliphatic carbocycles. The van der Waals surface area contributed by atoms with Crippen molar-refractivity contribution in [2.24, 2.45) is 14.1 Å². The lowest BCUT2D eigenvalue weighted by molar-refractivity contribution is 0.0955. The molecule has 1 N–H and O–H groups in total. The van der Waals surface area contributed by atoms with Crippen LogP contribution in [0.25, 0.3) is 10.2 Å². The molecule has 0 aliphatic rings. The van der Waals surface area contributed by atoms with E-state index in [4.69, 9.17) is 4.74 Å². The van der Waals surface area contributed by atoms with E-state index >= 15 is 0 Å². The van der Waals surface area contributed by atoms with Crippen molar-refractivity contribution < 1.29 is 9.53 Å². The minimum Gasteiger partial charge on any atom is -0.496 e. The molecule has 0 saturated carbocycles. The number of ether oxygens (including phenoxy) is 1. The van der Waals surface area contributed by atoms with Gasteiger partial charge in [0.05, 0.1) is 17.4 Å². The SMILES string of the molecule is COc1ccccc1CNC(=O)c1cc2c(=O)n(C)c(=O)n(C)c2s1. The lowest BCUT2D eigenvalue weighted by Crippen LogP contribution is -2.36. The topological polar surface area (TPSA) is 82.3 Å². The van der Waals surface area contributed by atoms with Crippen molar-refractivity contribution >= 4 is 27.5 Å². The normalized spacial score (nSPS) is 10.8. The Bertz CT molecular complexity index is 1080. The fraction of sp³-hybridized carbons (Fsp3) is 0.235. The van der Waals surface area contributed by atoms with Gasteiger partial charge >= 0.3 is 5.69 Å². The number of amides is 1. The summed E-state index contributed by atoms with van der Waals surface area (Å²) in [6, 6.07) is 8.93. The van der Waals surface area contributed by atoms with Crippen LogP contribution in [0.3, 0.4) is 0 Å². The molecule has 1 amide bonds. The van der Waals surface area contributed by atoms with Crippen LogP contribution >= 0.6 is 11.3 Å². The van der Waals surface area contributed by atoms with Gasteiger partial charge in [-0.1, -0.05) is 18.2 Å². The maximum Gasteiger partial charge on any atom is 0.331 e. The Hall–Kier alpha value is -2.87. The van der Waals surface area contributed by atoms with Gasteiger partial charge < -0.3 is 10.1 Å². The number of carbonyl (C=O) groups excluding carboxylic acids is 1. The summed E-state index contributed by atoms with van der Waals surface area (Å²) < 4.78 is 7.67. The summed E-state index contributed by atoms with van der Waals surface area (Å²) in [7, 11) is 4.57. The summed E-state index contributed by atoms with van der Waals surface area (Å²) in [6.45, 7) is 0.300. The molecule has 0 fully saturated rings. The standard InChI is InChI=1S/C17H17N3O4S/c1-19-15(22)11-8-13(25-16(11)20(2)17(19)23)14(21)18-9-10-6-4-5-7-12(10)24-3/h4-8H,9H2,1-3H3,(H,18,21).